The van der Waals surface area contributed by atoms with Crippen LogP contribution in [0.15, 0.2) is 42.5 Å². The Morgan fingerprint density at radius 1 is 0.964 bits per heavy atom. The molecule has 0 spiro atoms. The molecular formula is C23H29ClN2O2. The van der Waals surface area contributed by atoms with Crippen molar-refractivity contribution in [3.05, 3.63) is 69.7 Å². The van der Waals surface area contributed by atoms with Gasteiger partial charge in [-0.2, -0.15) is 0 Å². The summed E-state index contributed by atoms with van der Waals surface area (Å²) in [5.74, 6) is -0.234. The summed E-state index contributed by atoms with van der Waals surface area (Å²) in [6.07, 6.45) is 0.258. The molecule has 0 heterocycles. The summed E-state index contributed by atoms with van der Waals surface area (Å²) in [7, 11) is 0. The maximum absolute atomic E-state index is 13.1. The van der Waals surface area contributed by atoms with Gasteiger partial charge in [-0.3, -0.25) is 9.59 Å². The number of amides is 2. The summed E-state index contributed by atoms with van der Waals surface area (Å²) >= 11 is 5.97. The Labute approximate surface area is 172 Å². The third-order valence-electron chi connectivity index (χ3n) is 4.79. The first kappa shape index (κ1) is 22.0. The van der Waals surface area contributed by atoms with Gasteiger partial charge in [0, 0.05) is 17.6 Å². The van der Waals surface area contributed by atoms with E-state index in [2.05, 4.69) is 5.32 Å². The lowest BCUT2D eigenvalue weighted by molar-refractivity contribution is -0.140. The molecular weight excluding hydrogens is 372 g/mol. The quantitative estimate of drug-likeness (QED) is 0.746. The van der Waals surface area contributed by atoms with Crippen molar-refractivity contribution in [2.45, 2.75) is 59.7 Å². The van der Waals surface area contributed by atoms with Gasteiger partial charge in [-0.05, 0) is 69.0 Å². The second-order valence-electron chi connectivity index (χ2n) is 7.58. The van der Waals surface area contributed by atoms with Crippen molar-refractivity contribution < 1.29 is 9.59 Å². The third kappa shape index (κ3) is 6.10. The zero-order valence-electron chi connectivity index (χ0n) is 17.3. The smallest absolute Gasteiger partial charge is 0.242 e. The molecule has 4 nitrogen and oxygen atoms in total. The topological polar surface area (TPSA) is 49.4 Å². The lowest BCUT2D eigenvalue weighted by atomic mass is 10.0. The highest BCUT2D eigenvalue weighted by atomic mass is 35.5. The van der Waals surface area contributed by atoms with Crippen LogP contribution in [0.3, 0.4) is 0 Å². The van der Waals surface area contributed by atoms with Crippen LogP contribution in [-0.4, -0.2) is 28.8 Å². The van der Waals surface area contributed by atoms with E-state index in [4.69, 9.17) is 11.6 Å². The molecule has 0 saturated heterocycles. The molecule has 2 rings (SSSR count). The van der Waals surface area contributed by atoms with Crippen molar-refractivity contribution in [1.82, 2.24) is 10.2 Å². The average molecular weight is 401 g/mol. The molecule has 0 aliphatic heterocycles. The molecule has 0 radical (unpaired) electrons. The van der Waals surface area contributed by atoms with E-state index in [9.17, 15) is 9.59 Å². The summed E-state index contributed by atoms with van der Waals surface area (Å²) < 4.78 is 0. The second kappa shape index (κ2) is 9.74. The number of carbonyl (C=O) groups is 2. The number of rotatable bonds is 7. The largest absolute Gasteiger partial charge is 0.352 e. The first-order chi connectivity index (χ1) is 13.2. The molecule has 28 heavy (non-hydrogen) atoms. The molecule has 0 aromatic heterocycles. The minimum absolute atomic E-state index is 0.0159. The molecule has 0 unspecified atom stereocenters. The third-order valence-corrected chi connectivity index (χ3v) is 5.04. The number of halogens is 1. The fourth-order valence-electron chi connectivity index (χ4n) is 2.96. The molecule has 0 aliphatic carbocycles. The Kier molecular flexibility index (Phi) is 7.64. The zero-order chi connectivity index (χ0) is 20.8. The molecule has 150 valence electrons. The molecule has 2 aromatic rings. The number of nitrogens with one attached hydrogen (secondary N) is 1. The molecule has 5 heteroatoms. The molecule has 1 atom stereocenters. The highest BCUT2D eigenvalue weighted by molar-refractivity contribution is 6.30. The standard InChI is InChI=1S/C23H29ClN2O2/c1-15(2)25-23(28)18(5)26(14-19-8-10-21(24)11-9-19)22(27)13-20-7-6-16(3)17(4)12-20/h6-12,15,18H,13-14H2,1-5H3,(H,25,28)/t18-/m1/s1. The van der Waals surface area contributed by atoms with Crippen LogP contribution in [0.25, 0.3) is 0 Å². The van der Waals surface area contributed by atoms with Crippen molar-refractivity contribution in [3.8, 4) is 0 Å². The highest BCUT2D eigenvalue weighted by Gasteiger charge is 2.26. The van der Waals surface area contributed by atoms with E-state index in [0.29, 0.717) is 11.6 Å². The van der Waals surface area contributed by atoms with Gasteiger partial charge in [-0.25, -0.2) is 0 Å². The van der Waals surface area contributed by atoms with Crippen LogP contribution >= 0.6 is 11.6 Å². The van der Waals surface area contributed by atoms with Gasteiger partial charge in [0.1, 0.15) is 6.04 Å². The Morgan fingerprint density at radius 3 is 2.14 bits per heavy atom. The fraction of sp³-hybridized carbons (Fsp3) is 0.391. The van der Waals surface area contributed by atoms with Crippen LogP contribution in [0.1, 0.15) is 43.0 Å². The maximum atomic E-state index is 13.1. The predicted molar refractivity (Wildman–Crippen MR) is 114 cm³/mol. The van der Waals surface area contributed by atoms with E-state index >= 15 is 0 Å². The van der Waals surface area contributed by atoms with Crippen LogP contribution in [0.5, 0.6) is 0 Å². The van der Waals surface area contributed by atoms with Gasteiger partial charge in [0.25, 0.3) is 0 Å². The minimum atomic E-state index is -0.572. The van der Waals surface area contributed by atoms with E-state index in [-0.39, 0.29) is 24.3 Å². The van der Waals surface area contributed by atoms with E-state index < -0.39 is 6.04 Å². The zero-order valence-corrected chi connectivity index (χ0v) is 18.0. The minimum Gasteiger partial charge on any atom is -0.352 e. The van der Waals surface area contributed by atoms with Crippen LogP contribution in [0, 0.1) is 13.8 Å². The van der Waals surface area contributed by atoms with E-state index in [1.54, 1.807) is 24.0 Å². The van der Waals surface area contributed by atoms with Crippen molar-refractivity contribution >= 4 is 23.4 Å². The summed E-state index contributed by atoms with van der Waals surface area (Å²) in [6.45, 7) is 10.0. The van der Waals surface area contributed by atoms with Gasteiger partial charge in [0.2, 0.25) is 11.8 Å². The molecule has 0 bridgehead atoms. The lowest BCUT2D eigenvalue weighted by Crippen LogP contribution is -2.49. The van der Waals surface area contributed by atoms with Gasteiger partial charge in [-0.15, -0.1) is 0 Å². The molecule has 2 amide bonds. The van der Waals surface area contributed by atoms with E-state index in [0.717, 1.165) is 16.7 Å². The summed E-state index contributed by atoms with van der Waals surface area (Å²) in [5.41, 5.74) is 4.23. The number of hydrogen-bond acceptors (Lipinski definition) is 2. The van der Waals surface area contributed by atoms with Crippen LogP contribution in [-0.2, 0) is 22.6 Å². The van der Waals surface area contributed by atoms with Crippen molar-refractivity contribution in [1.29, 1.82) is 0 Å². The summed E-state index contributed by atoms with van der Waals surface area (Å²) in [5, 5.41) is 3.54. The first-order valence-electron chi connectivity index (χ1n) is 9.57. The fourth-order valence-corrected chi connectivity index (χ4v) is 3.09. The maximum Gasteiger partial charge on any atom is 0.242 e. The summed E-state index contributed by atoms with van der Waals surface area (Å²) in [4.78, 5) is 27.3. The summed E-state index contributed by atoms with van der Waals surface area (Å²) in [6, 6.07) is 12.8. The van der Waals surface area contributed by atoms with E-state index in [1.165, 1.54) is 5.56 Å². The number of aryl methyl sites for hydroxylation is 2. The van der Waals surface area contributed by atoms with Crippen LogP contribution in [0.2, 0.25) is 5.02 Å². The Hall–Kier alpha value is -2.33. The van der Waals surface area contributed by atoms with Crippen LogP contribution in [0.4, 0.5) is 0 Å². The molecule has 2 aromatic carbocycles. The Balaban J connectivity index is 2.24. The molecule has 1 N–H and O–H groups in total. The van der Waals surface area contributed by atoms with Crippen molar-refractivity contribution in [2.75, 3.05) is 0 Å². The normalized spacial score (nSPS) is 12.0. The molecule has 0 fully saturated rings. The number of nitrogens with zero attached hydrogens (tertiary/aromatic N) is 1. The average Bonchev–Trinajstić information content (AvgIpc) is 2.63. The van der Waals surface area contributed by atoms with Gasteiger partial charge in [0.05, 0.1) is 6.42 Å². The van der Waals surface area contributed by atoms with Gasteiger partial charge >= 0.3 is 0 Å². The van der Waals surface area contributed by atoms with Gasteiger partial charge in [-0.1, -0.05) is 41.9 Å². The van der Waals surface area contributed by atoms with Gasteiger partial charge in [0.15, 0.2) is 0 Å². The van der Waals surface area contributed by atoms with Crippen molar-refractivity contribution in [3.63, 3.8) is 0 Å². The number of carbonyl (C=O) groups excluding carboxylic acids is 2. The lowest BCUT2D eigenvalue weighted by Gasteiger charge is -2.29. The second-order valence-corrected chi connectivity index (χ2v) is 8.02. The van der Waals surface area contributed by atoms with Gasteiger partial charge < -0.3 is 10.2 Å². The number of benzene rings is 2. The van der Waals surface area contributed by atoms with Crippen molar-refractivity contribution in [2.24, 2.45) is 0 Å². The first-order valence-corrected chi connectivity index (χ1v) is 9.95. The SMILES string of the molecule is Cc1ccc(CC(=O)N(Cc2ccc(Cl)cc2)[C@H](C)C(=O)NC(C)C)cc1C. The highest BCUT2D eigenvalue weighted by Crippen LogP contribution is 2.16. The molecule has 0 saturated carbocycles. The predicted octanol–water partition coefficient (Wildman–Crippen LogP) is 4.44. The molecule has 0 aliphatic rings. The number of hydrogen-bond donors (Lipinski definition) is 1. The van der Waals surface area contributed by atoms with E-state index in [1.807, 2.05) is 58.0 Å². The Bertz CT molecular complexity index is 831. The Morgan fingerprint density at radius 2 is 1.57 bits per heavy atom. The monoisotopic (exact) mass is 400 g/mol. The van der Waals surface area contributed by atoms with Crippen LogP contribution < -0.4 is 5.32 Å².